The molecule has 6 heteroatoms. The van der Waals surface area contributed by atoms with Gasteiger partial charge in [0.15, 0.2) is 5.82 Å². The van der Waals surface area contributed by atoms with Crippen LogP contribution in [0.25, 0.3) is 122 Å². The molecule has 74 heavy (non-hydrogen) atoms. The van der Waals surface area contributed by atoms with Gasteiger partial charge >= 0.3 is 0 Å². The van der Waals surface area contributed by atoms with Gasteiger partial charge in [-0.05, 0) is 126 Å². The van der Waals surface area contributed by atoms with Crippen molar-refractivity contribution in [3.63, 3.8) is 0 Å². The van der Waals surface area contributed by atoms with Crippen molar-refractivity contribution in [3.05, 3.63) is 262 Å². The van der Waals surface area contributed by atoms with E-state index in [1.807, 2.05) is 30.5 Å². The summed E-state index contributed by atoms with van der Waals surface area (Å²) in [5, 5.41) is 5.97. The maximum absolute atomic E-state index is 5.19. The van der Waals surface area contributed by atoms with E-state index in [2.05, 4.69) is 234 Å². The molecule has 0 amide bonds. The highest BCUT2D eigenvalue weighted by Gasteiger charge is 2.20. The molecule has 0 N–H and O–H groups in total. The molecule has 0 saturated heterocycles. The molecule has 13 aromatic rings. The van der Waals surface area contributed by atoms with E-state index in [4.69, 9.17) is 15.0 Å². The average molecular weight is 951 g/mol. The van der Waals surface area contributed by atoms with E-state index in [0.29, 0.717) is 5.92 Å². The second-order valence-corrected chi connectivity index (χ2v) is 19.0. The summed E-state index contributed by atoms with van der Waals surface area (Å²) in [5.74, 6) is 1.24. The van der Waals surface area contributed by atoms with Gasteiger partial charge in [0.25, 0.3) is 0 Å². The monoisotopic (exact) mass is 950 g/mol. The second-order valence-electron chi connectivity index (χ2n) is 19.0. The van der Waals surface area contributed by atoms with Gasteiger partial charge < -0.3 is 13.7 Å². The molecule has 1 unspecified atom stereocenters. The highest BCUT2D eigenvalue weighted by molar-refractivity contribution is 6.14. The first-order valence-corrected chi connectivity index (χ1v) is 25.2. The maximum Gasteiger partial charge on any atom is 0.160 e. The Labute approximate surface area is 429 Å². The van der Waals surface area contributed by atoms with Crippen LogP contribution in [0.5, 0.6) is 0 Å². The third-order valence-electron chi connectivity index (χ3n) is 14.4. The summed E-state index contributed by atoms with van der Waals surface area (Å²) >= 11 is 0. The summed E-state index contributed by atoms with van der Waals surface area (Å²) in [4.78, 5) is 15.2. The van der Waals surface area contributed by atoms with Crippen molar-refractivity contribution in [1.29, 1.82) is 0 Å². The van der Waals surface area contributed by atoms with E-state index >= 15 is 0 Å². The quantitative estimate of drug-likeness (QED) is 0.143. The summed E-state index contributed by atoms with van der Waals surface area (Å²) in [6.07, 6.45) is 13.0. The second kappa shape index (κ2) is 18.5. The fraction of sp³-hybridized carbons (Fsp3) is 0.0441. The number of benzene rings is 8. The lowest BCUT2D eigenvalue weighted by Gasteiger charge is -2.14. The van der Waals surface area contributed by atoms with Crippen LogP contribution in [-0.2, 0) is 0 Å². The van der Waals surface area contributed by atoms with Crippen molar-refractivity contribution >= 4 is 71.1 Å². The molecule has 0 spiro atoms. The molecule has 5 heterocycles. The summed E-state index contributed by atoms with van der Waals surface area (Å²) in [7, 11) is 0. The van der Waals surface area contributed by atoms with Gasteiger partial charge in [0.05, 0.1) is 50.0 Å². The summed E-state index contributed by atoms with van der Waals surface area (Å²) in [6.45, 7) is 8.97. The van der Waals surface area contributed by atoms with Crippen LogP contribution in [0.2, 0.25) is 0 Å². The highest BCUT2D eigenvalue weighted by Crippen LogP contribution is 2.40. The van der Waals surface area contributed by atoms with E-state index in [1.165, 1.54) is 38.2 Å². The van der Waals surface area contributed by atoms with E-state index in [-0.39, 0.29) is 0 Å². The zero-order valence-electron chi connectivity index (χ0n) is 41.0. The van der Waals surface area contributed by atoms with Crippen LogP contribution in [0, 0.1) is 5.92 Å². The first-order valence-electron chi connectivity index (χ1n) is 25.2. The van der Waals surface area contributed by atoms with Crippen LogP contribution in [0.1, 0.15) is 19.0 Å². The molecule has 1 atom stereocenters. The van der Waals surface area contributed by atoms with Gasteiger partial charge in [-0.1, -0.05) is 160 Å². The Morgan fingerprint density at radius 2 is 0.973 bits per heavy atom. The van der Waals surface area contributed by atoms with E-state index in [1.54, 1.807) is 12.2 Å². The van der Waals surface area contributed by atoms with Gasteiger partial charge in [-0.3, -0.25) is 4.98 Å². The summed E-state index contributed by atoms with van der Waals surface area (Å²) in [6, 6.07) is 74.2. The highest BCUT2D eigenvalue weighted by atomic mass is 15.0. The fourth-order valence-electron chi connectivity index (χ4n) is 10.9. The Balaban J connectivity index is 0.00000128. The van der Waals surface area contributed by atoms with Crippen molar-refractivity contribution < 1.29 is 0 Å². The summed E-state index contributed by atoms with van der Waals surface area (Å²) < 4.78 is 7.12. The molecule has 6 nitrogen and oxygen atoms in total. The number of hydrogen-bond donors (Lipinski definition) is 0. The Morgan fingerprint density at radius 3 is 1.64 bits per heavy atom. The van der Waals surface area contributed by atoms with Crippen molar-refractivity contribution in [1.82, 2.24) is 28.7 Å². The predicted molar refractivity (Wildman–Crippen MR) is 310 cm³/mol. The van der Waals surface area contributed by atoms with Crippen LogP contribution in [0.3, 0.4) is 0 Å². The minimum atomic E-state index is 0.516. The van der Waals surface area contributed by atoms with Crippen LogP contribution in [0.15, 0.2) is 256 Å². The third-order valence-corrected chi connectivity index (χ3v) is 14.4. The number of pyridine rings is 1. The number of fused-ring (bicyclic) bond motifs is 9. The van der Waals surface area contributed by atoms with Crippen LogP contribution in [0.4, 0.5) is 0 Å². The minimum absolute atomic E-state index is 0.516. The molecule has 0 saturated carbocycles. The maximum atomic E-state index is 5.19. The van der Waals surface area contributed by atoms with Crippen molar-refractivity contribution in [2.45, 2.75) is 13.3 Å². The Hall–Kier alpha value is -9.65. The normalized spacial score (nSPS) is 13.4. The van der Waals surface area contributed by atoms with Crippen LogP contribution in [-0.4, -0.2) is 28.7 Å². The van der Waals surface area contributed by atoms with Crippen molar-refractivity contribution in [2.24, 2.45) is 5.92 Å². The molecule has 14 rings (SSSR count). The average Bonchev–Trinajstić information content (AvgIpc) is 4.13. The number of aromatic nitrogens is 6. The van der Waals surface area contributed by atoms with Crippen molar-refractivity contribution in [3.8, 4) is 50.8 Å². The minimum Gasteiger partial charge on any atom is -0.309 e. The number of hydrogen-bond acceptors (Lipinski definition) is 3. The first kappa shape index (κ1) is 44.3. The van der Waals surface area contributed by atoms with E-state index in [0.717, 1.165) is 95.9 Å². The smallest absolute Gasteiger partial charge is 0.160 e. The number of nitrogens with zero attached hydrogens (tertiary/aromatic N) is 6. The largest absolute Gasteiger partial charge is 0.309 e. The zero-order valence-corrected chi connectivity index (χ0v) is 41.0. The number of allylic oxidation sites excluding steroid dienone is 6. The van der Waals surface area contributed by atoms with Gasteiger partial charge in [-0.25, -0.2) is 9.97 Å². The topological polar surface area (TPSA) is 53.5 Å². The van der Waals surface area contributed by atoms with Crippen LogP contribution < -0.4 is 0 Å². The SMILES string of the molecule is C=CC=C.CC1C=CC(c2cc(-c3cccc(-n4c5ccccc5c5cc(-c6ccc7c(c6)c6ccccc6n7-c6ccc7c(c6)c6ncccc6n7-c6ccccc6)ccc54)c3)nc(-c3ccccc3)n2)=CC1. The third kappa shape index (κ3) is 7.63. The lowest BCUT2D eigenvalue weighted by Crippen LogP contribution is -2.01. The van der Waals surface area contributed by atoms with Gasteiger partial charge in [-0.15, -0.1) is 0 Å². The number of para-hydroxylation sites is 3. The van der Waals surface area contributed by atoms with Crippen LogP contribution >= 0.6 is 0 Å². The first-order chi connectivity index (χ1) is 36.5. The van der Waals surface area contributed by atoms with E-state index < -0.39 is 0 Å². The summed E-state index contributed by atoms with van der Waals surface area (Å²) in [5.41, 5.74) is 18.5. The molecule has 1 aliphatic rings. The van der Waals surface area contributed by atoms with Gasteiger partial charge in [0, 0.05) is 61.3 Å². The molecule has 0 fully saturated rings. The predicted octanol–water partition coefficient (Wildman–Crippen LogP) is 17.5. The molecule has 0 radical (unpaired) electrons. The van der Waals surface area contributed by atoms with Gasteiger partial charge in [0.1, 0.15) is 0 Å². The number of rotatable bonds is 8. The fourth-order valence-corrected chi connectivity index (χ4v) is 10.9. The molecular formula is C68H50N6. The Bertz CT molecular complexity index is 4390. The molecule has 1 aliphatic carbocycles. The standard InChI is InChI=1S/C64H44N6.C4H6/c1-41-25-27-42(28-26-41)55-40-56(67-64(66-55)43-14-4-2-5-15-43)46-16-12-19-48(36-46)69-57-22-10-8-20-50(57)52-37-44(29-32-59(52)69)45-30-33-60-53(38-45)51-21-9-11-23-58(51)70(60)49-31-34-61-54(39-49)63-62(24-13-35-65-63)68(61)47-17-6-3-7-18-47;1-3-4-2/h2-25,27-41H,26H2,1H3;3-4H,1-2H2. The lowest BCUT2D eigenvalue weighted by molar-refractivity contribution is 0.738. The molecular weight excluding hydrogens is 901 g/mol. The van der Waals surface area contributed by atoms with Gasteiger partial charge in [-0.2, -0.15) is 0 Å². The lowest BCUT2D eigenvalue weighted by atomic mass is 9.96. The molecule has 0 bridgehead atoms. The molecule has 0 aliphatic heterocycles. The molecule has 352 valence electrons. The van der Waals surface area contributed by atoms with Gasteiger partial charge in [0.2, 0.25) is 0 Å². The zero-order chi connectivity index (χ0) is 49.7. The van der Waals surface area contributed by atoms with Crippen molar-refractivity contribution in [2.75, 3.05) is 0 Å². The molecule has 5 aromatic heterocycles. The Morgan fingerprint density at radius 1 is 0.432 bits per heavy atom. The van der Waals surface area contributed by atoms with E-state index in [9.17, 15) is 0 Å². The molecule has 8 aromatic carbocycles. The Kier molecular flexibility index (Phi) is 11.1.